The highest BCUT2D eigenvalue weighted by Crippen LogP contribution is 2.24. The quantitative estimate of drug-likeness (QED) is 0.267. The Morgan fingerprint density at radius 3 is 2.50 bits per heavy atom. The van der Waals surface area contributed by atoms with Crippen molar-refractivity contribution in [3.05, 3.63) is 75.1 Å². The van der Waals surface area contributed by atoms with Gasteiger partial charge in [-0.1, -0.05) is 35.5 Å². The van der Waals surface area contributed by atoms with Crippen LogP contribution in [-0.4, -0.2) is 37.3 Å². The molecule has 0 saturated heterocycles. The van der Waals surface area contributed by atoms with Gasteiger partial charge in [-0.25, -0.2) is 0 Å². The number of hydrogen-bond acceptors (Lipinski definition) is 7. The first kappa shape index (κ1) is 24.9. The Bertz CT molecular complexity index is 1210. The average Bonchev–Trinajstić information content (AvgIpc) is 3.22. The molecule has 0 radical (unpaired) electrons. The third kappa shape index (κ3) is 5.98. The van der Waals surface area contributed by atoms with Gasteiger partial charge in [-0.15, -0.1) is 10.2 Å². The zero-order valence-corrected chi connectivity index (χ0v) is 20.2. The summed E-state index contributed by atoms with van der Waals surface area (Å²) in [4.78, 5) is 35.5. The van der Waals surface area contributed by atoms with Crippen LogP contribution in [0, 0.1) is 24.0 Å². The van der Waals surface area contributed by atoms with Crippen LogP contribution in [0.15, 0.2) is 47.6 Å². The molecule has 10 nitrogen and oxygen atoms in total. The van der Waals surface area contributed by atoms with Crippen LogP contribution in [0.5, 0.6) is 0 Å². The van der Waals surface area contributed by atoms with Gasteiger partial charge in [-0.05, 0) is 45.4 Å². The van der Waals surface area contributed by atoms with Crippen molar-refractivity contribution in [2.24, 2.45) is 0 Å². The summed E-state index contributed by atoms with van der Waals surface area (Å²) in [5.74, 6) is 0.102. The predicted octanol–water partition coefficient (Wildman–Crippen LogP) is 4.04. The summed E-state index contributed by atoms with van der Waals surface area (Å²) >= 11 is 1.20. The number of non-ortho nitro benzene ring substituents is 1. The number of thioether (sulfide) groups is 1. The van der Waals surface area contributed by atoms with E-state index in [9.17, 15) is 19.7 Å². The summed E-state index contributed by atoms with van der Waals surface area (Å²) in [5, 5.41) is 25.6. The largest absolute Gasteiger partial charge is 0.342 e. The Kier molecular flexibility index (Phi) is 8.00. The maximum absolute atomic E-state index is 12.6. The third-order valence-electron chi connectivity index (χ3n) is 5.15. The summed E-state index contributed by atoms with van der Waals surface area (Å²) in [6.07, 6.45) is 0. The van der Waals surface area contributed by atoms with Crippen LogP contribution in [0.4, 0.5) is 11.4 Å². The molecule has 178 valence electrons. The van der Waals surface area contributed by atoms with E-state index in [0.717, 1.165) is 11.1 Å². The van der Waals surface area contributed by atoms with Crippen LogP contribution < -0.4 is 10.6 Å². The van der Waals surface area contributed by atoms with Crippen molar-refractivity contribution in [1.82, 2.24) is 20.1 Å². The Hall–Kier alpha value is -3.73. The van der Waals surface area contributed by atoms with Crippen LogP contribution in [-0.2, 0) is 11.3 Å². The number of nitrogens with zero attached hydrogens (tertiary/aromatic N) is 4. The molecule has 0 fully saturated rings. The van der Waals surface area contributed by atoms with E-state index in [1.807, 2.05) is 37.5 Å². The molecular weight excluding hydrogens is 456 g/mol. The van der Waals surface area contributed by atoms with Crippen molar-refractivity contribution in [1.29, 1.82) is 0 Å². The van der Waals surface area contributed by atoms with Crippen LogP contribution in [0.25, 0.3) is 0 Å². The van der Waals surface area contributed by atoms with Crippen LogP contribution in [0.3, 0.4) is 0 Å². The van der Waals surface area contributed by atoms with Crippen LogP contribution in [0.1, 0.15) is 47.2 Å². The fourth-order valence-corrected chi connectivity index (χ4v) is 4.06. The van der Waals surface area contributed by atoms with Gasteiger partial charge in [0.2, 0.25) is 5.91 Å². The number of aromatic nitrogens is 3. The molecule has 11 heteroatoms. The maximum Gasteiger partial charge on any atom is 0.271 e. The second-order valence-electron chi connectivity index (χ2n) is 7.74. The van der Waals surface area contributed by atoms with E-state index in [-0.39, 0.29) is 23.3 Å². The van der Waals surface area contributed by atoms with Gasteiger partial charge in [0, 0.05) is 24.2 Å². The summed E-state index contributed by atoms with van der Waals surface area (Å²) < 4.78 is 1.84. The fourth-order valence-electron chi connectivity index (χ4n) is 3.25. The second-order valence-corrected chi connectivity index (χ2v) is 8.68. The normalized spacial score (nSPS) is 11.6. The lowest BCUT2D eigenvalue weighted by molar-refractivity contribution is -0.384. The first-order valence-electron chi connectivity index (χ1n) is 10.7. The number of rotatable bonds is 9. The molecule has 0 unspecified atom stereocenters. The van der Waals surface area contributed by atoms with E-state index in [1.54, 1.807) is 25.1 Å². The number of aryl methyl sites for hydroxylation is 2. The first-order chi connectivity index (χ1) is 16.2. The highest BCUT2D eigenvalue weighted by Gasteiger charge is 2.20. The van der Waals surface area contributed by atoms with Crippen molar-refractivity contribution >= 4 is 35.0 Å². The van der Waals surface area contributed by atoms with Crippen molar-refractivity contribution in [3.8, 4) is 0 Å². The molecule has 3 rings (SSSR count). The standard InChI is InChI=1S/C23H26N6O4S/c1-5-28-21(16(4)24-22(31)17-9-6-14(2)7-10-17)26-27-23(28)34-13-20(30)25-19-12-18(29(32)33)11-8-15(19)3/h6-12,16H,5,13H2,1-4H3,(H,24,31)(H,25,30)/t16-/m0/s1. The zero-order valence-electron chi connectivity index (χ0n) is 19.4. The molecular formula is C23H26N6O4S. The van der Waals surface area contributed by atoms with Crippen molar-refractivity contribution < 1.29 is 14.5 Å². The number of hydrogen-bond donors (Lipinski definition) is 2. The van der Waals surface area contributed by atoms with E-state index in [2.05, 4.69) is 20.8 Å². The first-order valence-corrected chi connectivity index (χ1v) is 11.7. The van der Waals surface area contributed by atoms with Gasteiger partial charge in [0.15, 0.2) is 11.0 Å². The zero-order chi connectivity index (χ0) is 24.8. The number of carbonyl (C=O) groups is 2. The van der Waals surface area contributed by atoms with E-state index in [4.69, 9.17) is 0 Å². The molecule has 2 N–H and O–H groups in total. The number of anilines is 1. The van der Waals surface area contributed by atoms with Gasteiger partial charge < -0.3 is 15.2 Å². The van der Waals surface area contributed by atoms with Gasteiger partial charge in [0.05, 0.1) is 22.4 Å². The Morgan fingerprint density at radius 1 is 1.15 bits per heavy atom. The highest BCUT2D eigenvalue weighted by molar-refractivity contribution is 7.99. The lowest BCUT2D eigenvalue weighted by Gasteiger charge is -2.15. The molecule has 2 aromatic carbocycles. The van der Waals surface area contributed by atoms with E-state index >= 15 is 0 Å². The summed E-state index contributed by atoms with van der Waals surface area (Å²) in [5.41, 5.74) is 2.65. The molecule has 34 heavy (non-hydrogen) atoms. The fraction of sp³-hybridized carbons (Fsp3) is 0.304. The summed E-state index contributed by atoms with van der Waals surface area (Å²) in [6, 6.07) is 11.2. The number of benzene rings is 2. The topological polar surface area (TPSA) is 132 Å². The van der Waals surface area contributed by atoms with E-state index < -0.39 is 11.0 Å². The number of nitrogens with one attached hydrogen (secondary N) is 2. The number of nitro benzene ring substituents is 1. The monoisotopic (exact) mass is 482 g/mol. The molecule has 0 saturated carbocycles. The van der Waals surface area contributed by atoms with Crippen molar-refractivity contribution in [2.75, 3.05) is 11.1 Å². The van der Waals surface area contributed by atoms with Gasteiger partial charge >= 0.3 is 0 Å². The van der Waals surface area contributed by atoms with E-state index in [0.29, 0.717) is 28.8 Å². The second kappa shape index (κ2) is 10.9. The van der Waals surface area contributed by atoms with E-state index in [1.165, 1.54) is 23.9 Å². The van der Waals surface area contributed by atoms with Gasteiger partial charge in [0.25, 0.3) is 11.6 Å². The molecule has 0 aliphatic heterocycles. The minimum absolute atomic E-state index is 0.0460. The number of carbonyl (C=O) groups excluding carboxylic acids is 2. The molecule has 0 aliphatic rings. The Balaban J connectivity index is 1.64. The number of amides is 2. The summed E-state index contributed by atoms with van der Waals surface area (Å²) in [6.45, 7) is 8.03. The van der Waals surface area contributed by atoms with Crippen molar-refractivity contribution in [3.63, 3.8) is 0 Å². The molecule has 1 heterocycles. The van der Waals surface area contributed by atoms with Gasteiger partial charge in [-0.2, -0.15) is 0 Å². The molecule has 1 atom stereocenters. The summed E-state index contributed by atoms with van der Waals surface area (Å²) in [7, 11) is 0. The number of nitro groups is 1. The van der Waals surface area contributed by atoms with Crippen molar-refractivity contribution in [2.45, 2.75) is 45.4 Å². The molecule has 1 aromatic heterocycles. The molecule has 3 aromatic rings. The molecule has 2 amide bonds. The SMILES string of the molecule is CCn1c(SCC(=O)Nc2cc([N+](=O)[O-])ccc2C)nnc1[C@H](C)NC(=O)c1ccc(C)cc1. The van der Waals surface area contributed by atoms with Gasteiger partial charge in [-0.3, -0.25) is 19.7 Å². The molecule has 0 spiro atoms. The van der Waals surface area contributed by atoms with Crippen LogP contribution >= 0.6 is 11.8 Å². The van der Waals surface area contributed by atoms with Gasteiger partial charge in [0.1, 0.15) is 0 Å². The molecule has 0 aliphatic carbocycles. The third-order valence-corrected chi connectivity index (χ3v) is 6.12. The lowest BCUT2D eigenvalue weighted by atomic mass is 10.1. The lowest BCUT2D eigenvalue weighted by Crippen LogP contribution is -2.28. The minimum Gasteiger partial charge on any atom is -0.342 e. The Labute approximate surface area is 201 Å². The minimum atomic E-state index is -0.506. The average molecular weight is 483 g/mol. The smallest absolute Gasteiger partial charge is 0.271 e. The highest BCUT2D eigenvalue weighted by atomic mass is 32.2. The van der Waals surface area contributed by atoms with Crippen LogP contribution in [0.2, 0.25) is 0 Å². The maximum atomic E-state index is 12.6. The molecule has 0 bridgehead atoms. The predicted molar refractivity (Wildman–Crippen MR) is 130 cm³/mol. The Morgan fingerprint density at radius 2 is 1.85 bits per heavy atom.